The van der Waals surface area contributed by atoms with Gasteiger partial charge in [0.05, 0.1) is 0 Å². The summed E-state index contributed by atoms with van der Waals surface area (Å²) in [5.41, 5.74) is 0. The van der Waals surface area contributed by atoms with Crippen molar-refractivity contribution in [3.05, 3.63) is 0 Å². The van der Waals surface area contributed by atoms with Crippen LogP contribution in [-0.2, 0) is 10.1 Å². The lowest BCUT2D eigenvalue weighted by molar-refractivity contribution is 0.000949. The minimum absolute atomic E-state index is 0.126. The third-order valence-electron chi connectivity index (χ3n) is 3.21. The highest BCUT2D eigenvalue weighted by Crippen LogP contribution is 2.40. The molecular weight excluding hydrogens is 192 g/mol. The van der Waals surface area contributed by atoms with Crippen molar-refractivity contribution in [1.82, 2.24) is 0 Å². The van der Waals surface area contributed by atoms with Gasteiger partial charge in [0, 0.05) is 5.92 Å². The quantitative estimate of drug-likeness (QED) is 0.631. The lowest BCUT2D eigenvalue weighted by atomic mass is 9.79. The minimum Gasteiger partial charge on any atom is -0.372 e. The Bertz CT molecular complexity index is 285. The van der Waals surface area contributed by atoms with Gasteiger partial charge in [-0.2, -0.15) is 8.42 Å². The highest BCUT2D eigenvalue weighted by atomic mass is 32.2. The molecule has 0 radical (unpaired) electrons. The van der Waals surface area contributed by atoms with Gasteiger partial charge < -0.3 is 5.11 Å². The molecule has 0 bridgehead atoms. The fraction of sp³-hybridized carbons (Fsp3) is 1.00. The maximum atomic E-state index is 11.0. The van der Waals surface area contributed by atoms with E-state index >= 15 is 0 Å². The van der Waals surface area contributed by atoms with E-state index < -0.39 is 21.0 Å². The van der Waals surface area contributed by atoms with Gasteiger partial charge in [-0.1, -0.05) is 20.3 Å². The second kappa shape index (κ2) is 3.22. The van der Waals surface area contributed by atoms with E-state index in [-0.39, 0.29) is 12.3 Å². The summed E-state index contributed by atoms with van der Waals surface area (Å²) in [5.74, 6) is -0.281. The maximum absolute atomic E-state index is 11.0. The SMILES string of the molecule is CC1CCCC(O)(S(=O)(=O)O)C1C. The lowest BCUT2D eigenvalue weighted by Gasteiger charge is -2.39. The van der Waals surface area contributed by atoms with Gasteiger partial charge in [-0.05, 0) is 18.8 Å². The first-order valence-corrected chi connectivity index (χ1v) is 5.92. The predicted octanol–water partition coefficient (Wildman–Crippen LogP) is 1.02. The molecule has 1 saturated carbocycles. The average molecular weight is 208 g/mol. The van der Waals surface area contributed by atoms with Gasteiger partial charge in [-0.25, -0.2) is 0 Å². The number of aliphatic hydroxyl groups is 1. The van der Waals surface area contributed by atoms with Crippen LogP contribution in [0.4, 0.5) is 0 Å². The summed E-state index contributed by atoms with van der Waals surface area (Å²) in [6.45, 7) is 3.55. The molecule has 3 atom stereocenters. The molecule has 1 aliphatic rings. The maximum Gasteiger partial charge on any atom is 0.295 e. The number of hydrogen-bond acceptors (Lipinski definition) is 3. The molecule has 0 aromatic rings. The molecule has 2 N–H and O–H groups in total. The zero-order chi connectivity index (χ0) is 10.3. The highest BCUT2D eigenvalue weighted by Gasteiger charge is 2.49. The molecule has 0 aromatic heterocycles. The van der Waals surface area contributed by atoms with Crippen molar-refractivity contribution in [1.29, 1.82) is 0 Å². The van der Waals surface area contributed by atoms with Crippen LogP contribution >= 0.6 is 0 Å². The molecule has 1 fully saturated rings. The van der Waals surface area contributed by atoms with E-state index in [4.69, 9.17) is 4.55 Å². The Morgan fingerprint density at radius 2 is 1.92 bits per heavy atom. The van der Waals surface area contributed by atoms with Crippen LogP contribution in [-0.4, -0.2) is 23.0 Å². The van der Waals surface area contributed by atoms with E-state index in [9.17, 15) is 13.5 Å². The number of rotatable bonds is 1. The fourth-order valence-electron chi connectivity index (χ4n) is 1.96. The molecule has 1 aliphatic carbocycles. The summed E-state index contributed by atoms with van der Waals surface area (Å²) in [5, 5.41) is 9.81. The monoisotopic (exact) mass is 208 g/mol. The van der Waals surface area contributed by atoms with Gasteiger partial charge in [0.1, 0.15) is 0 Å². The largest absolute Gasteiger partial charge is 0.372 e. The van der Waals surface area contributed by atoms with E-state index in [1.54, 1.807) is 6.92 Å². The van der Waals surface area contributed by atoms with Crippen molar-refractivity contribution >= 4 is 10.1 Å². The molecule has 3 unspecified atom stereocenters. The Hall–Kier alpha value is -0.130. The minimum atomic E-state index is -4.35. The molecule has 0 aliphatic heterocycles. The fourth-order valence-corrected chi connectivity index (χ4v) is 3.07. The zero-order valence-electron chi connectivity index (χ0n) is 7.90. The van der Waals surface area contributed by atoms with E-state index in [0.717, 1.165) is 6.42 Å². The first kappa shape index (κ1) is 10.9. The molecule has 4 nitrogen and oxygen atoms in total. The standard InChI is InChI=1S/C8H16O4S/c1-6-4-3-5-8(9,7(6)2)13(10,11)12/h6-7,9H,3-5H2,1-2H3,(H,10,11,12). The van der Waals surface area contributed by atoms with Crippen molar-refractivity contribution < 1.29 is 18.1 Å². The Balaban J connectivity index is 3.02. The second-order valence-corrected chi connectivity index (χ2v) is 5.64. The summed E-state index contributed by atoms with van der Waals surface area (Å²) >= 11 is 0. The average Bonchev–Trinajstić information content (AvgIpc) is 1.98. The van der Waals surface area contributed by atoms with Crippen LogP contribution in [0.25, 0.3) is 0 Å². The molecule has 0 heterocycles. The van der Waals surface area contributed by atoms with Gasteiger partial charge in [0.2, 0.25) is 0 Å². The van der Waals surface area contributed by atoms with Crippen LogP contribution < -0.4 is 0 Å². The Labute approximate surface area is 78.7 Å². The van der Waals surface area contributed by atoms with Gasteiger partial charge in [-0.15, -0.1) is 0 Å². The Morgan fingerprint density at radius 3 is 2.31 bits per heavy atom. The Morgan fingerprint density at radius 1 is 1.38 bits per heavy atom. The smallest absolute Gasteiger partial charge is 0.295 e. The number of hydrogen-bond donors (Lipinski definition) is 2. The van der Waals surface area contributed by atoms with E-state index in [1.165, 1.54) is 0 Å². The Kier molecular flexibility index (Phi) is 2.71. The van der Waals surface area contributed by atoms with Crippen LogP contribution in [0.3, 0.4) is 0 Å². The van der Waals surface area contributed by atoms with Crippen LogP contribution in [0.5, 0.6) is 0 Å². The van der Waals surface area contributed by atoms with Gasteiger partial charge >= 0.3 is 0 Å². The van der Waals surface area contributed by atoms with Gasteiger partial charge in [0.15, 0.2) is 4.93 Å². The molecule has 0 aromatic carbocycles. The van der Waals surface area contributed by atoms with Gasteiger partial charge in [-0.3, -0.25) is 4.55 Å². The third-order valence-corrected chi connectivity index (χ3v) is 4.68. The summed E-state index contributed by atoms with van der Waals surface area (Å²) in [6.07, 6.45) is 1.68. The summed E-state index contributed by atoms with van der Waals surface area (Å²) < 4.78 is 30.9. The summed E-state index contributed by atoms with van der Waals surface area (Å²) in [4.78, 5) is -1.93. The molecule has 0 spiro atoms. The molecule has 78 valence electrons. The van der Waals surface area contributed by atoms with Crippen molar-refractivity contribution in [2.24, 2.45) is 11.8 Å². The van der Waals surface area contributed by atoms with E-state index in [0.29, 0.717) is 6.42 Å². The highest BCUT2D eigenvalue weighted by molar-refractivity contribution is 7.87. The molecule has 0 amide bonds. The van der Waals surface area contributed by atoms with Crippen LogP contribution in [0.15, 0.2) is 0 Å². The molecule has 1 rings (SSSR count). The third kappa shape index (κ3) is 1.73. The van der Waals surface area contributed by atoms with Crippen molar-refractivity contribution in [2.75, 3.05) is 0 Å². The van der Waals surface area contributed by atoms with Crippen molar-refractivity contribution in [2.45, 2.75) is 38.0 Å². The summed E-state index contributed by atoms with van der Waals surface area (Å²) in [7, 11) is -4.35. The van der Waals surface area contributed by atoms with E-state index in [1.807, 2.05) is 6.92 Å². The molecule has 13 heavy (non-hydrogen) atoms. The predicted molar refractivity (Wildman–Crippen MR) is 48.7 cm³/mol. The topological polar surface area (TPSA) is 74.6 Å². The first-order chi connectivity index (χ1) is 5.79. The second-order valence-electron chi connectivity index (χ2n) is 3.98. The molecule has 5 heteroatoms. The molecular formula is C8H16O4S. The van der Waals surface area contributed by atoms with Crippen molar-refractivity contribution in [3.63, 3.8) is 0 Å². The molecule has 0 saturated heterocycles. The van der Waals surface area contributed by atoms with Crippen LogP contribution in [0.2, 0.25) is 0 Å². The van der Waals surface area contributed by atoms with E-state index in [2.05, 4.69) is 0 Å². The lowest BCUT2D eigenvalue weighted by Crippen LogP contribution is -2.49. The zero-order valence-corrected chi connectivity index (χ0v) is 8.71. The van der Waals surface area contributed by atoms with Gasteiger partial charge in [0.25, 0.3) is 10.1 Å². The van der Waals surface area contributed by atoms with Crippen LogP contribution in [0, 0.1) is 11.8 Å². The first-order valence-electron chi connectivity index (χ1n) is 4.48. The van der Waals surface area contributed by atoms with Crippen LogP contribution in [0.1, 0.15) is 33.1 Å². The van der Waals surface area contributed by atoms with Crippen molar-refractivity contribution in [3.8, 4) is 0 Å². The normalized spacial score (nSPS) is 41.8. The summed E-state index contributed by atoms with van der Waals surface area (Å²) in [6, 6.07) is 0.